The molecule has 0 spiro atoms. The maximum atomic E-state index is 14.0. The van der Waals surface area contributed by atoms with Gasteiger partial charge in [-0.05, 0) is 56.0 Å². The Labute approximate surface area is 214 Å². The summed E-state index contributed by atoms with van der Waals surface area (Å²) in [7, 11) is 0. The molecule has 1 aliphatic rings. The first-order valence-electron chi connectivity index (χ1n) is 11.8. The van der Waals surface area contributed by atoms with Gasteiger partial charge < -0.3 is 10.2 Å². The van der Waals surface area contributed by atoms with Crippen molar-refractivity contribution in [1.82, 2.24) is 19.9 Å². The number of amides is 1. The minimum absolute atomic E-state index is 0.0376. The number of benzene rings is 1. The van der Waals surface area contributed by atoms with E-state index in [2.05, 4.69) is 20.3 Å². The van der Waals surface area contributed by atoms with Crippen LogP contribution in [0.5, 0.6) is 0 Å². The summed E-state index contributed by atoms with van der Waals surface area (Å²) in [6, 6.07) is 4.50. The van der Waals surface area contributed by atoms with E-state index >= 15 is 0 Å². The molecular formula is C26H25F6N5O. The zero-order valence-electron chi connectivity index (χ0n) is 21.1. The Morgan fingerprint density at radius 1 is 1.05 bits per heavy atom. The summed E-state index contributed by atoms with van der Waals surface area (Å²) in [5.74, 6) is 0.124. The van der Waals surface area contributed by atoms with E-state index in [1.165, 1.54) is 37.8 Å². The Hall–Kier alpha value is -3.70. The topological polar surface area (TPSA) is 71.0 Å². The van der Waals surface area contributed by atoms with Crippen molar-refractivity contribution in [2.75, 3.05) is 18.4 Å². The van der Waals surface area contributed by atoms with Crippen molar-refractivity contribution in [3.63, 3.8) is 0 Å². The largest absolute Gasteiger partial charge is 0.434 e. The molecule has 1 N–H and O–H groups in total. The number of pyridine rings is 1. The van der Waals surface area contributed by atoms with Gasteiger partial charge in [-0.1, -0.05) is 18.2 Å². The van der Waals surface area contributed by atoms with E-state index in [4.69, 9.17) is 0 Å². The second-order valence-corrected chi connectivity index (χ2v) is 9.20. The van der Waals surface area contributed by atoms with E-state index in [1.807, 2.05) is 0 Å². The molecular weight excluding hydrogens is 512 g/mol. The SMILES string of the molecule is CC(=O)N1CC=C(c2cc3c(NC(C)c4cccc(C(F)(F)F)c4C)nc(C)nc3nc2C(F)(F)F)CC1. The van der Waals surface area contributed by atoms with Crippen LogP contribution < -0.4 is 5.32 Å². The maximum absolute atomic E-state index is 14.0. The van der Waals surface area contributed by atoms with Crippen LogP contribution in [0, 0.1) is 13.8 Å². The third-order valence-electron chi connectivity index (χ3n) is 6.57. The molecule has 0 saturated carbocycles. The molecule has 1 aliphatic heterocycles. The average molecular weight is 538 g/mol. The summed E-state index contributed by atoms with van der Waals surface area (Å²) < 4.78 is 82.4. The van der Waals surface area contributed by atoms with Gasteiger partial charge in [0.1, 0.15) is 11.6 Å². The van der Waals surface area contributed by atoms with Crippen molar-refractivity contribution in [2.45, 2.75) is 52.5 Å². The molecule has 1 amide bonds. The Morgan fingerprint density at radius 2 is 1.76 bits per heavy atom. The number of halogens is 6. The Bertz CT molecular complexity index is 1430. The van der Waals surface area contributed by atoms with E-state index in [0.29, 0.717) is 11.1 Å². The van der Waals surface area contributed by atoms with Crippen LogP contribution in [0.4, 0.5) is 32.2 Å². The van der Waals surface area contributed by atoms with Gasteiger partial charge in [0.05, 0.1) is 17.0 Å². The number of alkyl halides is 6. The monoisotopic (exact) mass is 537 g/mol. The molecule has 0 bridgehead atoms. The van der Waals surface area contributed by atoms with Crippen LogP contribution in [0.25, 0.3) is 16.6 Å². The molecule has 1 unspecified atom stereocenters. The summed E-state index contributed by atoms with van der Waals surface area (Å²) in [6.07, 6.45) is -7.53. The van der Waals surface area contributed by atoms with Gasteiger partial charge >= 0.3 is 12.4 Å². The van der Waals surface area contributed by atoms with Crippen molar-refractivity contribution in [3.05, 3.63) is 64.1 Å². The molecule has 3 aromatic rings. The van der Waals surface area contributed by atoms with Gasteiger partial charge in [0, 0.05) is 25.6 Å². The number of hydrogen-bond donors (Lipinski definition) is 1. The number of aryl methyl sites for hydroxylation is 1. The number of carbonyl (C=O) groups excluding carboxylic acids is 1. The van der Waals surface area contributed by atoms with Crippen LogP contribution >= 0.6 is 0 Å². The minimum Gasteiger partial charge on any atom is -0.363 e. The standard InChI is InChI=1S/C26H25F6N5O/c1-13-18(6-5-7-21(13)25(27,28)29)14(2)33-23-20-12-19(17-8-10-37(11-9-17)16(4)38)22(26(30,31)32)36-24(20)35-15(3)34-23/h5-8,12,14H,9-11H2,1-4H3,(H,33,34,35,36). The summed E-state index contributed by atoms with van der Waals surface area (Å²) in [5, 5.41) is 3.26. The average Bonchev–Trinajstić information content (AvgIpc) is 2.82. The quantitative estimate of drug-likeness (QED) is 0.386. The van der Waals surface area contributed by atoms with E-state index in [9.17, 15) is 31.1 Å². The van der Waals surface area contributed by atoms with Gasteiger partial charge in [0.25, 0.3) is 0 Å². The number of rotatable bonds is 4. The Kier molecular flexibility index (Phi) is 7.11. The van der Waals surface area contributed by atoms with Crippen LogP contribution in [0.3, 0.4) is 0 Å². The maximum Gasteiger partial charge on any atom is 0.434 e. The molecule has 3 heterocycles. The first-order chi connectivity index (χ1) is 17.7. The van der Waals surface area contributed by atoms with Gasteiger partial charge in [-0.2, -0.15) is 26.3 Å². The molecule has 2 aromatic heterocycles. The molecule has 38 heavy (non-hydrogen) atoms. The summed E-state index contributed by atoms with van der Waals surface area (Å²) >= 11 is 0. The summed E-state index contributed by atoms with van der Waals surface area (Å²) in [6.45, 7) is 6.33. The van der Waals surface area contributed by atoms with Crippen molar-refractivity contribution in [2.24, 2.45) is 0 Å². The number of fused-ring (bicyclic) bond motifs is 1. The van der Waals surface area contributed by atoms with Gasteiger partial charge in [-0.15, -0.1) is 0 Å². The van der Waals surface area contributed by atoms with E-state index in [-0.39, 0.29) is 59.2 Å². The number of hydrogen-bond acceptors (Lipinski definition) is 5. The van der Waals surface area contributed by atoms with Gasteiger partial charge in [-0.25, -0.2) is 15.0 Å². The van der Waals surface area contributed by atoms with Crippen molar-refractivity contribution < 1.29 is 31.1 Å². The fourth-order valence-corrected chi connectivity index (χ4v) is 4.65. The molecule has 0 aliphatic carbocycles. The summed E-state index contributed by atoms with van der Waals surface area (Å²) in [5.41, 5.74) is -1.41. The lowest BCUT2D eigenvalue weighted by Crippen LogP contribution is -2.32. The van der Waals surface area contributed by atoms with E-state index in [1.54, 1.807) is 19.1 Å². The van der Waals surface area contributed by atoms with Gasteiger partial charge in [0.2, 0.25) is 5.91 Å². The molecule has 1 aromatic carbocycles. The zero-order valence-corrected chi connectivity index (χ0v) is 21.1. The van der Waals surface area contributed by atoms with Crippen LogP contribution in [-0.4, -0.2) is 38.8 Å². The fraction of sp³-hybridized carbons (Fsp3) is 0.385. The zero-order chi connectivity index (χ0) is 28.0. The van der Waals surface area contributed by atoms with E-state index in [0.717, 1.165) is 6.07 Å². The van der Waals surface area contributed by atoms with Crippen molar-refractivity contribution >= 4 is 28.3 Å². The second-order valence-electron chi connectivity index (χ2n) is 9.20. The number of carbonyl (C=O) groups is 1. The number of nitrogens with one attached hydrogen (secondary N) is 1. The predicted octanol–water partition coefficient (Wildman–Crippen LogP) is 6.49. The van der Waals surface area contributed by atoms with Crippen LogP contribution in [0.15, 0.2) is 30.3 Å². The lowest BCUT2D eigenvalue weighted by molar-refractivity contribution is -0.141. The first kappa shape index (κ1) is 27.3. The van der Waals surface area contributed by atoms with Gasteiger partial charge in [0.15, 0.2) is 11.3 Å². The highest BCUT2D eigenvalue weighted by atomic mass is 19.4. The van der Waals surface area contributed by atoms with E-state index < -0.39 is 29.7 Å². The molecule has 12 heteroatoms. The third-order valence-corrected chi connectivity index (χ3v) is 6.57. The van der Waals surface area contributed by atoms with Crippen LogP contribution in [0.2, 0.25) is 0 Å². The minimum atomic E-state index is -4.77. The number of aromatic nitrogens is 3. The van der Waals surface area contributed by atoms with Crippen LogP contribution in [0.1, 0.15) is 60.1 Å². The predicted molar refractivity (Wildman–Crippen MR) is 130 cm³/mol. The van der Waals surface area contributed by atoms with Crippen LogP contribution in [-0.2, 0) is 17.1 Å². The Morgan fingerprint density at radius 3 is 2.34 bits per heavy atom. The highest BCUT2D eigenvalue weighted by Crippen LogP contribution is 2.39. The molecule has 0 saturated heterocycles. The first-order valence-corrected chi connectivity index (χ1v) is 11.8. The number of nitrogens with zero attached hydrogens (tertiary/aromatic N) is 4. The lowest BCUT2D eigenvalue weighted by Gasteiger charge is -2.26. The molecule has 6 nitrogen and oxygen atoms in total. The normalized spacial score (nSPS) is 15.4. The van der Waals surface area contributed by atoms with Crippen molar-refractivity contribution in [1.29, 1.82) is 0 Å². The Balaban J connectivity index is 1.82. The smallest absolute Gasteiger partial charge is 0.363 e. The van der Waals surface area contributed by atoms with Gasteiger partial charge in [-0.3, -0.25) is 4.79 Å². The number of anilines is 1. The molecule has 202 valence electrons. The third kappa shape index (κ3) is 5.44. The highest BCUT2D eigenvalue weighted by molar-refractivity contribution is 5.90. The summed E-state index contributed by atoms with van der Waals surface area (Å²) in [4.78, 5) is 25.5. The lowest BCUT2D eigenvalue weighted by atomic mass is 9.96. The fourth-order valence-electron chi connectivity index (χ4n) is 4.65. The van der Waals surface area contributed by atoms with Crippen molar-refractivity contribution in [3.8, 4) is 0 Å². The molecule has 1 atom stereocenters. The highest BCUT2D eigenvalue weighted by Gasteiger charge is 2.38. The molecule has 4 rings (SSSR count). The second kappa shape index (κ2) is 9.88. The molecule has 0 radical (unpaired) electrons. The molecule has 0 fully saturated rings.